The smallest absolute Gasteiger partial charge is 0.263 e. The third-order valence-corrected chi connectivity index (χ3v) is 6.60. The van der Waals surface area contributed by atoms with Gasteiger partial charge in [0, 0.05) is 23.2 Å². The molecule has 0 unspecified atom stereocenters. The predicted octanol–water partition coefficient (Wildman–Crippen LogP) is 4.88. The highest BCUT2D eigenvalue weighted by Gasteiger charge is 2.17. The molecule has 0 aliphatic heterocycles. The largest absolute Gasteiger partial charge is 0.325 e. The summed E-state index contributed by atoms with van der Waals surface area (Å²) in [5.74, 6) is -2.40. The highest BCUT2D eigenvalue weighted by molar-refractivity contribution is 7.99. The molecule has 0 aliphatic rings. The average molecular weight is 438 g/mol. The van der Waals surface area contributed by atoms with Gasteiger partial charge < -0.3 is 5.32 Å². The highest BCUT2D eigenvalue weighted by Crippen LogP contribution is 2.28. The summed E-state index contributed by atoms with van der Waals surface area (Å²) in [5.41, 5.74) is 1.03. The zero-order valence-electron chi connectivity index (χ0n) is 16.3. The fourth-order valence-corrected chi connectivity index (χ4v) is 4.73. The van der Waals surface area contributed by atoms with E-state index in [0.29, 0.717) is 21.9 Å². The van der Waals surface area contributed by atoms with Crippen molar-refractivity contribution in [2.45, 2.75) is 45.3 Å². The average Bonchev–Trinajstić information content (AvgIpc) is 2.96. The molecule has 1 N–H and O–H groups in total. The van der Waals surface area contributed by atoms with E-state index in [1.54, 1.807) is 4.57 Å². The number of aryl methyl sites for hydroxylation is 2. The summed E-state index contributed by atoms with van der Waals surface area (Å²) in [6, 6.07) is 3.17. The number of nitrogens with one attached hydrogen (secondary N) is 1. The van der Waals surface area contributed by atoms with Crippen LogP contribution in [0.15, 0.2) is 28.2 Å². The number of carbonyl (C=O) groups is 1. The number of thiophene rings is 1. The number of fused-ring (bicyclic) bond motifs is 1. The number of amides is 1. The SMILES string of the molecule is CCCCn1c(SCC(=O)Nc2ccc(F)c(F)c2)nc2sc(C)c(C)c2c1=O. The molecule has 0 bridgehead atoms. The lowest BCUT2D eigenvalue weighted by atomic mass is 10.2. The number of thioether (sulfide) groups is 1. The van der Waals surface area contributed by atoms with E-state index in [-0.39, 0.29) is 17.0 Å². The van der Waals surface area contributed by atoms with Crippen LogP contribution < -0.4 is 10.9 Å². The molecule has 0 aliphatic carbocycles. The van der Waals surface area contributed by atoms with Crippen molar-refractivity contribution in [2.75, 3.05) is 11.1 Å². The molecule has 9 heteroatoms. The minimum atomic E-state index is -1.03. The highest BCUT2D eigenvalue weighted by atomic mass is 32.2. The minimum absolute atomic E-state index is 0.00753. The number of anilines is 1. The number of halogens is 2. The molecule has 0 atom stereocenters. The van der Waals surface area contributed by atoms with Crippen LogP contribution in [0, 0.1) is 25.5 Å². The van der Waals surface area contributed by atoms with Gasteiger partial charge in [-0.15, -0.1) is 11.3 Å². The monoisotopic (exact) mass is 437 g/mol. The molecule has 5 nitrogen and oxygen atoms in total. The Morgan fingerprint density at radius 1 is 1.28 bits per heavy atom. The van der Waals surface area contributed by atoms with Gasteiger partial charge in [-0.2, -0.15) is 0 Å². The third kappa shape index (κ3) is 4.67. The van der Waals surface area contributed by atoms with E-state index in [2.05, 4.69) is 10.3 Å². The van der Waals surface area contributed by atoms with Crippen molar-refractivity contribution in [2.24, 2.45) is 0 Å². The molecule has 1 amide bonds. The van der Waals surface area contributed by atoms with Crippen molar-refractivity contribution < 1.29 is 13.6 Å². The Morgan fingerprint density at radius 3 is 2.72 bits per heavy atom. The number of hydrogen-bond donors (Lipinski definition) is 1. The van der Waals surface area contributed by atoms with Gasteiger partial charge in [0.25, 0.3) is 5.56 Å². The number of aromatic nitrogens is 2. The van der Waals surface area contributed by atoms with Crippen LogP contribution in [0.25, 0.3) is 10.2 Å². The molecule has 3 rings (SSSR count). The van der Waals surface area contributed by atoms with Crippen LogP contribution in [-0.2, 0) is 11.3 Å². The van der Waals surface area contributed by atoms with Gasteiger partial charge in [0.05, 0.1) is 11.1 Å². The van der Waals surface area contributed by atoms with Gasteiger partial charge in [-0.3, -0.25) is 14.2 Å². The summed E-state index contributed by atoms with van der Waals surface area (Å²) in [6.45, 7) is 6.45. The van der Waals surface area contributed by atoms with Crippen molar-refractivity contribution in [3.05, 3.63) is 50.6 Å². The molecule has 3 aromatic rings. The molecule has 29 heavy (non-hydrogen) atoms. The summed E-state index contributed by atoms with van der Waals surface area (Å²) in [4.78, 5) is 31.6. The molecular weight excluding hydrogens is 416 g/mol. The lowest BCUT2D eigenvalue weighted by Crippen LogP contribution is -2.24. The summed E-state index contributed by atoms with van der Waals surface area (Å²) in [7, 11) is 0. The van der Waals surface area contributed by atoms with Crippen LogP contribution in [0.2, 0.25) is 0 Å². The molecular formula is C20H21F2N3O2S2. The Hall–Kier alpha value is -2.26. The lowest BCUT2D eigenvalue weighted by molar-refractivity contribution is -0.113. The Balaban J connectivity index is 1.83. The van der Waals surface area contributed by atoms with E-state index in [0.717, 1.165) is 47.2 Å². The van der Waals surface area contributed by atoms with Crippen molar-refractivity contribution in [1.29, 1.82) is 0 Å². The molecule has 2 aromatic heterocycles. The Labute approximate surface area is 175 Å². The number of hydrogen-bond acceptors (Lipinski definition) is 5. The van der Waals surface area contributed by atoms with E-state index in [1.807, 2.05) is 20.8 Å². The zero-order valence-corrected chi connectivity index (χ0v) is 18.0. The first-order valence-corrected chi connectivity index (χ1v) is 11.0. The van der Waals surface area contributed by atoms with Crippen LogP contribution >= 0.6 is 23.1 Å². The van der Waals surface area contributed by atoms with Gasteiger partial charge in [-0.05, 0) is 38.0 Å². The number of nitrogens with zero attached hydrogens (tertiary/aromatic N) is 2. The standard InChI is InChI=1S/C20H21F2N3O2S2/c1-4-5-8-25-19(27)17-11(2)12(3)29-18(17)24-20(25)28-10-16(26)23-13-6-7-14(21)15(22)9-13/h6-7,9H,4-5,8,10H2,1-3H3,(H,23,26). The second-order valence-electron chi connectivity index (χ2n) is 6.63. The first kappa shape index (κ1) is 21.4. The van der Waals surface area contributed by atoms with Gasteiger partial charge in [-0.25, -0.2) is 13.8 Å². The first-order chi connectivity index (χ1) is 13.8. The van der Waals surface area contributed by atoms with E-state index < -0.39 is 17.5 Å². The van der Waals surface area contributed by atoms with Gasteiger partial charge in [0.1, 0.15) is 4.83 Å². The van der Waals surface area contributed by atoms with Crippen molar-refractivity contribution in [3.8, 4) is 0 Å². The first-order valence-electron chi connectivity index (χ1n) is 9.20. The normalized spacial score (nSPS) is 11.2. The van der Waals surface area contributed by atoms with E-state index in [4.69, 9.17) is 0 Å². The Morgan fingerprint density at radius 2 is 2.03 bits per heavy atom. The zero-order chi connectivity index (χ0) is 21.1. The number of unbranched alkanes of at least 4 members (excludes halogenated alkanes) is 1. The fraction of sp³-hybridized carbons (Fsp3) is 0.350. The topological polar surface area (TPSA) is 64.0 Å². The van der Waals surface area contributed by atoms with Gasteiger partial charge in [-0.1, -0.05) is 25.1 Å². The van der Waals surface area contributed by atoms with Gasteiger partial charge in [0.15, 0.2) is 16.8 Å². The molecule has 1 aromatic carbocycles. The van der Waals surface area contributed by atoms with Gasteiger partial charge in [0.2, 0.25) is 5.91 Å². The maximum absolute atomic E-state index is 13.3. The number of benzene rings is 1. The molecule has 154 valence electrons. The van der Waals surface area contributed by atoms with E-state index in [9.17, 15) is 18.4 Å². The van der Waals surface area contributed by atoms with Crippen LogP contribution in [0.5, 0.6) is 0 Å². The number of rotatable bonds is 7. The molecule has 0 radical (unpaired) electrons. The maximum atomic E-state index is 13.3. The van der Waals surface area contributed by atoms with Crippen LogP contribution in [0.3, 0.4) is 0 Å². The maximum Gasteiger partial charge on any atom is 0.263 e. The molecule has 0 saturated heterocycles. The summed E-state index contributed by atoms with van der Waals surface area (Å²) in [6.07, 6.45) is 1.75. The molecule has 0 spiro atoms. The third-order valence-electron chi connectivity index (χ3n) is 4.52. The van der Waals surface area contributed by atoms with Crippen molar-refractivity contribution >= 4 is 44.9 Å². The molecule has 2 heterocycles. The second kappa shape index (κ2) is 9.04. The summed E-state index contributed by atoms with van der Waals surface area (Å²) < 4.78 is 27.9. The lowest BCUT2D eigenvalue weighted by Gasteiger charge is -2.12. The predicted molar refractivity (Wildman–Crippen MR) is 114 cm³/mol. The van der Waals surface area contributed by atoms with Crippen molar-refractivity contribution in [3.63, 3.8) is 0 Å². The quantitative estimate of drug-likeness (QED) is 0.423. The second-order valence-corrected chi connectivity index (χ2v) is 8.78. The summed E-state index contributed by atoms with van der Waals surface area (Å²) in [5, 5.41) is 3.65. The number of carbonyl (C=O) groups excluding carboxylic acids is 1. The fourth-order valence-electron chi connectivity index (χ4n) is 2.83. The Bertz CT molecular complexity index is 1130. The van der Waals surface area contributed by atoms with Crippen LogP contribution in [0.1, 0.15) is 30.2 Å². The van der Waals surface area contributed by atoms with E-state index >= 15 is 0 Å². The van der Waals surface area contributed by atoms with Crippen LogP contribution in [0.4, 0.5) is 14.5 Å². The van der Waals surface area contributed by atoms with Crippen LogP contribution in [-0.4, -0.2) is 21.2 Å². The van der Waals surface area contributed by atoms with E-state index in [1.165, 1.54) is 17.4 Å². The molecule has 0 saturated carbocycles. The van der Waals surface area contributed by atoms with Gasteiger partial charge >= 0.3 is 0 Å². The summed E-state index contributed by atoms with van der Waals surface area (Å²) >= 11 is 2.62. The minimum Gasteiger partial charge on any atom is -0.325 e. The van der Waals surface area contributed by atoms with Crippen molar-refractivity contribution in [1.82, 2.24) is 9.55 Å². The Kier molecular flexibility index (Phi) is 6.69. The molecule has 0 fully saturated rings.